The molecule has 0 aromatic carbocycles. The molecule has 0 aromatic rings. The second-order valence-electron chi connectivity index (χ2n) is 4.21. The number of rotatable bonds is 1. The van der Waals surface area contributed by atoms with Crippen LogP contribution < -0.4 is 5.73 Å². The first-order chi connectivity index (χ1) is 6.34. The number of allylic oxidation sites excluding steroid dienone is 1. The van der Waals surface area contributed by atoms with Crippen LogP contribution in [0.5, 0.6) is 0 Å². The summed E-state index contributed by atoms with van der Waals surface area (Å²) in [5, 5.41) is 0. The molecule has 1 unspecified atom stereocenters. The standard InChI is InChI=1S/C11H19NO.ClH/c12-10-5-3-9(4-6-10)8-11-2-1-7-13-11;/h8,10-11H,1-7,12H2;1H. The first kappa shape index (κ1) is 12.0. The van der Waals surface area contributed by atoms with Crippen LogP contribution in [0.15, 0.2) is 11.6 Å². The van der Waals surface area contributed by atoms with Crippen LogP contribution in [-0.4, -0.2) is 18.8 Å². The summed E-state index contributed by atoms with van der Waals surface area (Å²) in [5.74, 6) is 0. The number of hydrogen-bond acceptors (Lipinski definition) is 2. The Bertz CT molecular complexity index is 189. The molecule has 0 bridgehead atoms. The third-order valence-electron chi connectivity index (χ3n) is 3.06. The van der Waals surface area contributed by atoms with E-state index in [1.807, 2.05) is 0 Å². The summed E-state index contributed by atoms with van der Waals surface area (Å²) in [4.78, 5) is 0. The molecule has 2 aliphatic rings. The molecule has 0 amide bonds. The molecule has 0 aromatic heterocycles. The third kappa shape index (κ3) is 3.26. The van der Waals surface area contributed by atoms with E-state index in [0.717, 1.165) is 6.61 Å². The van der Waals surface area contributed by atoms with Crippen molar-refractivity contribution in [2.24, 2.45) is 5.73 Å². The van der Waals surface area contributed by atoms with E-state index in [1.54, 1.807) is 5.57 Å². The summed E-state index contributed by atoms with van der Waals surface area (Å²) in [5.41, 5.74) is 7.42. The van der Waals surface area contributed by atoms with Crippen molar-refractivity contribution in [2.75, 3.05) is 6.61 Å². The Morgan fingerprint density at radius 2 is 1.93 bits per heavy atom. The van der Waals surface area contributed by atoms with Gasteiger partial charge in [0.1, 0.15) is 0 Å². The average Bonchev–Trinajstić information content (AvgIpc) is 2.62. The summed E-state index contributed by atoms with van der Waals surface area (Å²) in [6.45, 7) is 0.952. The van der Waals surface area contributed by atoms with Gasteiger partial charge in [0.05, 0.1) is 6.10 Å². The molecule has 2 nitrogen and oxygen atoms in total. The van der Waals surface area contributed by atoms with Gasteiger partial charge in [-0.2, -0.15) is 0 Å². The lowest BCUT2D eigenvalue weighted by Crippen LogP contribution is -2.23. The van der Waals surface area contributed by atoms with Crippen molar-refractivity contribution in [1.82, 2.24) is 0 Å². The van der Waals surface area contributed by atoms with Gasteiger partial charge in [-0.25, -0.2) is 0 Å². The first-order valence-corrected chi connectivity index (χ1v) is 5.41. The molecular formula is C11H20ClNO. The van der Waals surface area contributed by atoms with Gasteiger partial charge in [0, 0.05) is 12.6 Å². The summed E-state index contributed by atoms with van der Waals surface area (Å²) in [6, 6.07) is 0.446. The minimum atomic E-state index is 0. The Hall–Kier alpha value is -0.0500. The normalized spacial score (nSPS) is 32.5. The maximum atomic E-state index is 5.85. The molecule has 1 aliphatic heterocycles. The predicted octanol–water partition coefficient (Wildman–Crippen LogP) is 2.41. The molecule has 82 valence electrons. The fourth-order valence-electron chi connectivity index (χ4n) is 2.17. The van der Waals surface area contributed by atoms with Crippen LogP contribution in [0.3, 0.4) is 0 Å². The average molecular weight is 218 g/mol. The van der Waals surface area contributed by atoms with E-state index in [1.165, 1.54) is 38.5 Å². The lowest BCUT2D eigenvalue weighted by molar-refractivity contribution is 0.144. The predicted molar refractivity (Wildman–Crippen MR) is 60.7 cm³/mol. The van der Waals surface area contributed by atoms with Crippen molar-refractivity contribution in [3.8, 4) is 0 Å². The topological polar surface area (TPSA) is 35.2 Å². The molecule has 0 radical (unpaired) electrons. The largest absolute Gasteiger partial charge is 0.374 e. The number of halogens is 1. The Balaban J connectivity index is 0.000000980. The molecule has 2 rings (SSSR count). The van der Waals surface area contributed by atoms with Crippen LogP contribution >= 0.6 is 12.4 Å². The van der Waals surface area contributed by atoms with Crippen molar-refractivity contribution >= 4 is 12.4 Å². The van der Waals surface area contributed by atoms with E-state index < -0.39 is 0 Å². The zero-order chi connectivity index (χ0) is 9.10. The fourth-order valence-corrected chi connectivity index (χ4v) is 2.17. The Morgan fingerprint density at radius 3 is 2.50 bits per heavy atom. The van der Waals surface area contributed by atoms with E-state index in [-0.39, 0.29) is 12.4 Å². The molecule has 3 heteroatoms. The Kier molecular flexibility index (Phi) is 4.93. The summed E-state index contributed by atoms with van der Waals surface area (Å²) >= 11 is 0. The van der Waals surface area contributed by atoms with Gasteiger partial charge in [-0.05, 0) is 38.5 Å². The smallest absolute Gasteiger partial charge is 0.0759 e. The summed E-state index contributed by atoms with van der Waals surface area (Å²) in [7, 11) is 0. The maximum Gasteiger partial charge on any atom is 0.0759 e. The fraction of sp³-hybridized carbons (Fsp3) is 0.818. The van der Waals surface area contributed by atoms with E-state index in [4.69, 9.17) is 10.5 Å². The van der Waals surface area contributed by atoms with E-state index >= 15 is 0 Å². The Labute approximate surface area is 92.3 Å². The maximum absolute atomic E-state index is 5.85. The number of nitrogens with two attached hydrogens (primary N) is 1. The van der Waals surface area contributed by atoms with Crippen molar-refractivity contribution in [3.05, 3.63) is 11.6 Å². The van der Waals surface area contributed by atoms with Crippen LogP contribution in [0.4, 0.5) is 0 Å². The molecule has 14 heavy (non-hydrogen) atoms. The highest BCUT2D eigenvalue weighted by Gasteiger charge is 2.17. The molecule has 2 fully saturated rings. The van der Waals surface area contributed by atoms with Gasteiger partial charge in [0.25, 0.3) is 0 Å². The lowest BCUT2D eigenvalue weighted by Gasteiger charge is -2.21. The van der Waals surface area contributed by atoms with Crippen LogP contribution in [-0.2, 0) is 4.74 Å². The minimum absolute atomic E-state index is 0. The molecule has 1 aliphatic carbocycles. The molecular weight excluding hydrogens is 198 g/mol. The van der Waals surface area contributed by atoms with E-state index in [0.29, 0.717) is 12.1 Å². The van der Waals surface area contributed by atoms with Gasteiger partial charge in [0.2, 0.25) is 0 Å². The summed E-state index contributed by atoms with van der Waals surface area (Å²) < 4.78 is 5.57. The zero-order valence-corrected chi connectivity index (χ0v) is 9.39. The van der Waals surface area contributed by atoms with Gasteiger partial charge in [-0.3, -0.25) is 0 Å². The summed E-state index contributed by atoms with van der Waals surface area (Å²) in [6.07, 6.45) is 9.94. The molecule has 1 saturated carbocycles. The van der Waals surface area contributed by atoms with Crippen LogP contribution in [0.1, 0.15) is 38.5 Å². The highest BCUT2D eigenvalue weighted by molar-refractivity contribution is 5.85. The molecule has 1 saturated heterocycles. The monoisotopic (exact) mass is 217 g/mol. The molecule has 1 heterocycles. The van der Waals surface area contributed by atoms with Crippen LogP contribution in [0.25, 0.3) is 0 Å². The quantitative estimate of drug-likeness (QED) is 0.685. The van der Waals surface area contributed by atoms with Gasteiger partial charge in [-0.15, -0.1) is 12.4 Å². The molecule has 0 spiro atoms. The SMILES string of the molecule is Cl.NC1CCC(=CC2CCCO2)CC1. The molecule has 2 N–H and O–H groups in total. The van der Waals surface area contributed by atoms with E-state index in [2.05, 4.69) is 6.08 Å². The first-order valence-electron chi connectivity index (χ1n) is 5.41. The van der Waals surface area contributed by atoms with Crippen molar-refractivity contribution in [2.45, 2.75) is 50.7 Å². The second-order valence-corrected chi connectivity index (χ2v) is 4.21. The van der Waals surface area contributed by atoms with Gasteiger partial charge in [0.15, 0.2) is 0 Å². The van der Waals surface area contributed by atoms with Gasteiger partial charge < -0.3 is 10.5 Å². The number of hydrogen-bond donors (Lipinski definition) is 1. The van der Waals surface area contributed by atoms with Crippen molar-refractivity contribution < 1.29 is 4.74 Å². The van der Waals surface area contributed by atoms with Crippen LogP contribution in [0.2, 0.25) is 0 Å². The second kappa shape index (κ2) is 5.74. The van der Waals surface area contributed by atoms with E-state index in [9.17, 15) is 0 Å². The molecule has 1 atom stereocenters. The minimum Gasteiger partial charge on any atom is -0.374 e. The van der Waals surface area contributed by atoms with Crippen LogP contribution in [0, 0.1) is 0 Å². The third-order valence-corrected chi connectivity index (χ3v) is 3.06. The van der Waals surface area contributed by atoms with Gasteiger partial charge >= 0.3 is 0 Å². The lowest BCUT2D eigenvalue weighted by atomic mass is 9.90. The van der Waals surface area contributed by atoms with Gasteiger partial charge in [-0.1, -0.05) is 11.6 Å². The van der Waals surface area contributed by atoms with Crippen molar-refractivity contribution in [3.63, 3.8) is 0 Å². The highest BCUT2D eigenvalue weighted by Crippen LogP contribution is 2.25. The Morgan fingerprint density at radius 1 is 1.21 bits per heavy atom. The number of ether oxygens (including phenoxy) is 1. The highest BCUT2D eigenvalue weighted by atomic mass is 35.5. The zero-order valence-electron chi connectivity index (χ0n) is 8.58. The van der Waals surface area contributed by atoms with Crippen molar-refractivity contribution in [1.29, 1.82) is 0 Å².